The first kappa shape index (κ1) is 13.4. The number of thiophene rings is 1. The zero-order valence-corrected chi connectivity index (χ0v) is 11.5. The smallest absolute Gasteiger partial charge is 0.263 e. The molecule has 16 heavy (non-hydrogen) atoms. The first-order chi connectivity index (χ1) is 7.41. The normalized spacial score (nSPS) is 12.2. The number of carbonyl (C=O) groups excluding carboxylic acids is 1. The third-order valence-electron chi connectivity index (χ3n) is 2.16. The third-order valence-corrected chi connectivity index (χ3v) is 3.79. The average molecular weight is 277 g/mol. The van der Waals surface area contributed by atoms with E-state index in [2.05, 4.69) is 0 Å². The molecule has 0 saturated heterocycles. The molecule has 1 amide bonds. The molecule has 1 atom stereocenters. The van der Waals surface area contributed by atoms with E-state index in [1.165, 1.54) is 11.3 Å². The van der Waals surface area contributed by atoms with Gasteiger partial charge in [0.05, 0.1) is 14.2 Å². The molecule has 1 aromatic heterocycles. The van der Waals surface area contributed by atoms with Crippen molar-refractivity contribution in [1.29, 1.82) is 0 Å². The average Bonchev–Trinajstić information content (AvgIpc) is 2.63. The summed E-state index contributed by atoms with van der Waals surface area (Å²) in [6, 6.07) is 3.43. The van der Waals surface area contributed by atoms with E-state index >= 15 is 0 Å². The van der Waals surface area contributed by atoms with Gasteiger partial charge in [0.2, 0.25) is 0 Å². The van der Waals surface area contributed by atoms with Gasteiger partial charge in [0.25, 0.3) is 5.91 Å². The molecule has 0 radical (unpaired) electrons. The summed E-state index contributed by atoms with van der Waals surface area (Å²) in [5.74, 6) is -0.0422. The van der Waals surface area contributed by atoms with E-state index in [1.54, 1.807) is 24.1 Å². The van der Waals surface area contributed by atoms with Crippen molar-refractivity contribution in [2.75, 3.05) is 13.6 Å². The van der Waals surface area contributed by atoms with E-state index < -0.39 is 0 Å². The molecule has 2 N–H and O–H groups in total. The minimum absolute atomic E-state index is 0.0133. The molecule has 1 unspecified atom stereocenters. The van der Waals surface area contributed by atoms with Gasteiger partial charge in [-0.2, -0.15) is 0 Å². The van der Waals surface area contributed by atoms with Crippen molar-refractivity contribution in [2.24, 2.45) is 11.7 Å². The molecule has 3 nitrogen and oxygen atoms in total. The number of nitrogens with two attached hydrogens (primary N) is 1. The molecule has 6 heteroatoms. The number of nitrogens with zero attached hydrogens (tertiary/aromatic N) is 1. The molecule has 1 heterocycles. The topological polar surface area (TPSA) is 46.3 Å². The predicted octanol–water partition coefficient (Wildman–Crippen LogP) is 2.40. The predicted molar refractivity (Wildman–Crippen MR) is 72.2 cm³/mol. The summed E-state index contributed by atoms with van der Waals surface area (Å²) in [7, 11) is 1.73. The quantitative estimate of drug-likeness (QED) is 0.859. The summed E-state index contributed by atoms with van der Waals surface area (Å²) in [4.78, 5) is 14.6. The highest BCUT2D eigenvalue weighted by atomic mass is 35.5. The highest BCUT2D eigenvalue weighted by Crippen LogP contribution is 2.22. The summed E-state index contributed by atoms with van der Waals surface area (Å²) in [6.45, 7) is 2.41. The summed E-state index contributed by atoms with van der Waals surface area (Å²) in [6.07, 6.45) is 0. The second-order valence-corrected chi connectivity index (χ2v) is 5.78. The first-order valence-corrected chi connectivity index (χ1v) is 6.32. The molecular formula is C10H13ClN2OS2. The van der Waals surface area contributed by atoms with Gasteiger partial charge in [0.15, 0.2) is 0 Å². The van der Waals surface area contributed by atoms with Crippen LogP contribution < -0.4 is 5.73 Å². The lowest BCUT2D eigenvalue weighted by molar-refractivity contribution is 0.0792. The minimum Gasteiger partial charge on any atom is -0.393 e. The molecule has 0 fully saturated rings. The monoisotopic (exact) mass is 276 g/mol. The van der Waals surface area contributed by atoms with E-state index in [9.17, 15) is 4.79 Å². The Labute approximate surface area is 109 Å². The van der Waals surface area contributed by atoms with Crippen molar-refractivity contribution >= 4 is 46.1 Å². The molecule has 1 aromatic rings. The fourth-order valence-electron chi connectivity index (χ4n) is 1.20. The number of amides is 1. The Balaban J connectivity index is 2.64. The van der Waals surface area contributed by atoms with Gasteiger partial charge in [-0.25, -0.2) is 0 Å². The highest BCUT2D eigenvalue weighted by Gasteiger charge is 2.17. The van der Waals surface area contributed by atoms with Crippen molar-refractivity contribution in [1.82, 2.24) is 4.90 Å². The molecular weight excluding hydrogens is 264 g/mol. The Morgan fingerprint density at radius 1 is 1.69 bits per heavy atom. The van der Waals surface area contributed by atoms with E-state index in [0.717, 1.165) is 0 Å². The zero-order chi connectivity index (χ0) is 12.3. The van der Waals surface area contributed by atoms with Crippen molar-refractivity contribution in [3.63, 3.8) is 0 Å². The molecule has 1 rings (SSSR count). The SMILES string of the molecule is CC(CN(C)C(=O)c1ccc(Cl)s1)C(N)=S. The van der Waals surface area contributed by atoms with Crippen LogP contribution in [0.5, 0.6) is 0 Å². The van der Waals surface area contributed by atoms with Crippen LogP contribution in [0.2, 0.25) is 4.34 Å². The molecule has 0 aromatic carbocycles. The van der Waals surface area contributed by atoms with E-state index in [-0.39, 0.29) is 11.8 Å². The summed E-state index contributed by atoms with van der Waals surface area (Å²) < 4.78 is 0.610. The van der Waals surface area contributed by atoms with E-state index in [4.69, 9.17) is 29.6 Å². The maximum atomic E-state index is 11.9. The van der Waals surface area contributed by atoms with E-state index in [0.29, 0.717) is 20.7 Å². The lowest BCUT2D eigenvalue weighted by Gasteiger charge is -2.20. The summed E-state index contributed by atoms with van der Waals surface area (Å²) in [5, 5.41) is 0. The van der Waals surface area contributed by atoms with Gasteiger partial charge in [-0.3, -0.25) is 4.79 Å². The summed E-state index contributed by atoms with van der Waals surface area (Å²) in [5.41, 5.74) is 5.50. The second-order valence-electron chi connectivity index (χ2n) is 3.59. The Morgan fingerprint density at radius 2 is 2.31 bits per heavy atom. The van der Waals surface area contributed by atoms with Crippen molar-refractivity contribution in [3.8, 4) is 0 Å². The lowest BCUT2D eigenvalue weighted by Crippen LogP contribution is -2.35. The molecule has 0 aliphatic heterocycles. The van der Waals surface area contributed by atoms with Crippen LogP contribution in [0.4, 0.5) is 0 Å². The number of hydrogen-bond acceptors (Lipinski definition) is 3. The van der Waals surface area contributed by atoms with Gasteiger partial charge < -0.3 is 10.6 Å². The fraction of sp³-hybridized carbons (Fsp3) is 0.400. The van der Waals surface area contributed by atoms with Gasteiger partial charge in [0, 0.05) is 19.5 Å². The zero-order valence-electron chi connectivity index (χ0n) is 9.07. The van der Waals surface area contributed by atoms with Crippen LogP contribution in [0.1, 0.15) is 16.6 Å². The van der Waals surface area contributed by atoms with Gasteiger partial charge in [-0.05, 0) is 12.1 Å². The Bertz CT molecular complexity index is 405. The van der Waals surface area contributed by atoms with Crippen molar-refractivity contribution in [2.45, 2.75) is 6.92 Å². The number of thiocarbonyl (C=S) groups is 1. The molecule has 0 saturated carbocycles. The van der Waals surface area contributed by atoms with Gasteiger partial charge >= 0.3 is 0 Å². The maximum absolute atomic E-state index is 11.9. The van der Waals surface area contributed by atoms with Crippen LogP contribution in [0.25, 0.3) is 0 Å². The number of rotatable bonds is 4. The Hall–Kier alpha value is -0.650. The highest BCUT2D eigenvalue weighted by molar-refractivity contribution is 7.80. The second kappa shape index (κ2) is 5.61. The molecule has 88 valence electrons. The number of hydrogen-bond donors (Lipinski definition) is 1. The fourth-order valence-corrected chi connectivity index (χ4v) is 2.31. The van der Waals surface area contributed by atoms with Crippen LogP contribution in [0, 0.1) is 5.92 Å². The van der Waals surface area contributed by atoms with Gasteiger partial charge in [-0.1, -0.05) is 30.7 Å². The maximum Gasteiger partial charge on any atom is 0.263 e. The largest absolute Gasteiger partial charge is 0.393 e. The van der Waals surface area contributed by atoms with Crippen LogP contribution in [-0.4, -0.2) is 29.4 Å². The number of carbonyl (C=O) groups is 1. The first-order valence-electron chi connectivity index (χ1n) is 4.72. The molecule has 0 aliphatic carbocycles. The third kappa shape index (κ3) is 3.43. The van der Waals surface area contributed by atoms with Crippen molar-refractivity contribution < 1.29 is 4.79 Å². The Kier molecular flexibility index (Phi) is 4.70. The van der Waals surface area contributed by atoms with Gasteiger partial charge in [0.1, 0.15) is 0 Å². The minimum atomic E-state index is -0.0556. The molecule has 0 aliphatic rings. The number of halogens is 1. The Morgan fingerprint density at radius 3 is 2.75 bits per heavy atom. The van der Waals surface area contributed by atoms with Crippen LogP contribution in [0.3, 0.4) is 0 Å². The lowest BCUT2D eigenvalue weighted by atomic mass is 10.1. The van der Waals surface area contributed by atoms with Crippen molar-refractivity contribution in [3.05, 3.63) is 21.3 Å². The summed E-state index contributed by atoms with van der Waals surface area (Å²) >= 11 is 11.9. The molecule has 0 bridgehead atoms. The van der Waals surface area contributed by atoms with E-state index in [1.807, 2.05) is 6.92 Å². The van der Waals surface area contributed by atoms with Crippen LogP contribution >= 0.6 is 35.2 Å². The van der Waals surface area contributed by atoms with Crippen LogP contribution in [0.15, 0.2) is 12.1 Å². The standard InChI is InChI=1S/C10H13ClN2OS2/c1-6(9(12)15)5-13(2)10(14)7-3-4-8(11)16-7/h3-4,6H,5H2,1-2H3,(H2,12,15). The van der Waals surface area contributed by atoms with Crippen LogP contribution in [-0.2, 0) is 0 Å². The molecule has 0 spiro atoms. The van der Waals surface area contributed by atoms with Gasteiger partial charge in [-0.15, -0.1) is 11.3 Å².